The average Bonchev–Trinajstić information content (AvgIpc) is 2.61. The van der Waals surface area contributed by atoms with Gasteiger partial charge >= 0.3 is 5.97 Å². The van der Waals surface area contributed by atoms with Crippen LogP contribution in [0.25, 0.3) is 0 Å². The summed E-state index contributed by atoms with van der Waals surface area (Å²) in [5, 5.41) is 0.412. The largest absolute Gasteiger partial charge is 0.452 e. The lowest BCUT2D eigenvalue weighted by atomic mass is 9.99. The molecule has 2 rings (SSSR count). The Balaban J connectivity index is 1.92. The Bertz CT molecular complexity index is 773. The van der Waals surface area contributed by atoms with Crippen molar-refractivity contribution >= 4 is 33.5 Å². The predicted molar refractivity (Wildman–Crippen MR) is 102 cm³/mol. The topological polar surface area (TPSA) is 84.0 Å². The van der Waals surface area contributed by atoms with Gasteiger partial charge in [0.25, 0.3) is 5.91 Å². The Morgan fingerprint density at radius 3 is 2.37 bits per heavy atom. The normalized spacial score (nSPS) is 17.0. The first-order valence-corrected chi connectivity index (χ1v) is 10.6. The molecule has 0 aromatic heterocycles. The van der Waals surface area contributed by atoms with Gasteiger partial charge in [0.05, 0.1) is 4.90 Å². The molecule has 0 radical (unpaired) electrons. The molecule has 1 amide bonds. The SMILES string of the molecule is CC1CCN(C(=O)C(C)OC(=O)CN(C)S(=O)(=O)c2ccc(Cl)cc2)CC1. The molecule has 0 saturated carbocycles. The Kier molecular flexibility index (Phi) is 7.25. The first kappa shape index (κ1) is 21.7. The number of esters is 1. The van der Waals surface area contributed by atoms with Crippen LogP contribution in [0.2, 0.25) is 5.02 Å². The van der Waals surface area contributed by atoms with Gasteiger partial charge in [0, 0.05) is 25.2 Å². The smallest absolute Gasteiger partial charge is 0.322 e. The lowest BCUT2D eigenvalue weighted by Gasteiger charge is -2.32. The minimum atomic E-state index is -3.85. The van der Waals surface area contributed by atoms with Crippen LogP contribution in [-0.4, -0.2) is 62.3 Å². The number of hydrogen-bond acceptors (Lipinski definition) is 5. The number of amides is 1. The summed E-state index contributed by atoms with van der Waals surface area (Å²) in [6, 6.07) is 5.65. The third-order valence-electron chi connectivity index (χ3n) is 4.62. The number of halogens is 1. The quantitative estimate of drug-likeness (QED) is 0.663. The maximum absolute atomic E-state index is 12.5. The van der Waals surface area contributed by atoms with E-state index < -0.39 is 28.6 Å². The molecule has 0 bridgehead atoms. The number of piperidine rings is 1. The van der Waals surface area contributed by atoms with Crippen LogP contribution in [0.15, 0.2) is 29.2 Å². The fraction of sp³-hybridized carbons (Fsp3) is 0.556. The van der Waals surface area contributed by atoms with Crippen molar-refractivity contribution in [2.45, 2.75) is 37.7 Å². The van der Waals surface area contributed by atoms with E-state index in [0.717, 1.165) is 17.1 Å². The van der Waals surface area contributed by atoms with Crippen molar-refractivity contribution in [2.75, 3.05) is 26.7 Å². The van der Waals surface area contributed by atoms with Crippen LogP contribution < -0.4 is 0 Å². The highest BCUT2D eigenvalue weighted by Crippen LogP contribution is 2.19. The Morgan fingerprint density at radius 2 is 1.81 bits per heavy atom. The molecule has 0 spiro atoms. The molecular formula is C18H25ClN2O5S. The van der Waals surface area contributed by atoms with E-state index in [0.29, 0.717) is 24.0 Å². The molecule has 0 N–H and O–H groups in total. The van der Waals surface area contributed by atoms with Crippen LogP contribution in [-0.2, 0) is 24.3 Å². The number of likely N-dealkylation sites (N-methyl/N-ethyl adjacent to an activating group) is 1. The van der Waals surface area contributed by atoms with Crippen molar-refractivity contribution in [3.8, 4) is 0 Å². The molecule has 1 aromatic carbocycles. The molecular weight excluding hydrogens is 392 g/mol. The number of benzene rings is 1. The van der Waals surface area contributed by atoms with Crippen LogP contribution in [0.4, 0.5) is 0 Å². The molecule has 1 atom stereocenters. The maximum Gasteiger partial charge on any atom is 0.322 e. The number of hydrogen-bond donors (Lipinski definition) is 0. The summed E-state index contributed by atoms with van der Waals surface area (Å²) in [5.74, 6) is -0.446. The number of sulfonamides is 1. The second-order valence-corrected chi connectivity index (χ2v) is 9.34. The average molecular weight is 417 g/mol. The van der Waals surface area contributed by atoms with Crippen molar-refractivity contribution in [1.82, 2.24) is 9.21 Å². The molecule has 1 aromatic rings. The van der Waals surface area contributed by atoms with Crippen LogP contribution in [0, 0.1) is 5.92 Å². The number of ether oxygens (including phenoxy) is 1. The summed E-state index contributed by atoms with van der Waals surface area (Å²) in [5.41, 5.74) is 0. The number of rotatable bonds is 6. The highest BCUT2D eigenvalue weighted by molar-refractivity contribution is 7.89. The third-order valence-corrected chi connectivity index (χ3v) is 6.69. The van der Waals surface area contributed by atoms with Crippen LogP contribution in [0.3, 0.4) is 0 Å². The Labute approximate surface area is 165 Å². The number of carbonyl (C=O) groups is 2. The summed E-state index contributed by atoms with van der Waals surface area (Å²) < 4.78 is 31.0. The summed E-state index contributed by atoms with van der Waals surface area (Å²) >= 11 is 5.77. The summed E-state index contributed by atoms with van der Waals surface area (Å²) in [7, 11) is -2.57. The zero-order valence-corrected chi connectivity index (χ0v) is 17.3. The van der Waals surface area contributed by atoms with Crippen LogP contribution in [0.1, 0.15) is 26.7 Å². The van der Waals surface area contributed by atoms with Crippen molar-refractivity contribution in [3.05, 3.63) is 29.3 Å². The zero-order valence-electron chi connectivity index (χ0n) is 15.7. The summed E-state index contributed by atoms with van der Waals surface area (Å²) in [6.45, 7) is 4.45. The molecule has 27 heavy (non-hydrogen) atoms. The van der Waals surface area contributed by atoms with Gasteiger partial charge in [-0.25, -0.2) is 8.42 Å². The van der Waals surface area contributed by atoms with Crippen molar-refractivity contribution in [1.29, 1.82) is 0 Å². The Morgan fingerprint density at radius 1 is 1.26 bits per heavy atom. The predicted octanol–water partition coefficient (Wildman–Crippen LogP) is 2.15. The minimum absolute atomic E-state index is 0.0220. The van der Waals surface area contributed by atoms with Gasteiger partial charge in [-0.05, 0) is 49.9 Å². The van der Waals surface area contributed by atoms with E-state index in [1.54, 1.807) is 4.90 Å². The van der Waals surface area contributed by atoms with Gasteiger partial charge in [0.1, 0.15) is 6.54 Å². The fourth-order valence-electron chi connectivity index (χ4n) is 2.82. The van der Waals surface area contributed by atoms with Gasteiger partial charge in [-0.2, -0.15) is 4.31 Å². The lowest BCUT2D eigenvalue weighted by molar-refractivity contribution is -0.159. The van der Waals surface area contributed by atoms with Gasteiger partial charge in [0.2, 0.25) is 10.0 Å². The van der Waals surface area contributed by atoms with Crippen molar-refractivity contribution in [3.63, 3.8) is 0 Å². The van der Waals surface area contributed by atoms with E-state index in [1.807, 2.05) is 0 Å². The molecule has 150 valence electrons. The van der Waals surface area contributed by atoms with Gasteiger partial charge < -0.3 is 9.64 Å². The maximum atomic E-state index is 12.5. The lowest BCUT2D eigenvalue weighted by Crippen LogP contribution is -2.45. The second-order valence-electron chi connectivity index (χ2n) is 6.85. The van der Waals surface area contributed by atoms with E-state index in [4.69, 9.17) is 16.3 Å². The van der Waals surface area contributed by atoms with Crippen LogP contribution >= 0.6 is 11.6 Å². The van der Waals surface area contributed by atoms with Crippen molar-refractivity contribution < 1.29 is 22.7 Å². The number of likely N-dealkylation sites (tertiary alicyclic amines) is 1. The molecule has 1 unspecified atom stereocenters. The molecule has 1 saturated heterocycles. The number of carbonyl (C=O) groups excluding carboxylic acids is 2. The van der Waals surface area contributed by atoms with E-state index in [1.165, 1.54) is 38.2 Å². The molecule has 1 heterocycles. The zero-order chi connectivity index (χ0) is 20.2. The van der Waals surface area contributed by atoms with Gasteiger partial charge in [0.15, 0.2) is 6.10 Å². The fourth-order valence-corrected chi connectivity index (χ4v) is 4.07. The van der Waals surface area contributed by atoms with E-state index in [9.17, 15) is 18.0 Å². The minimum Gasteiger partial charge on any atom is -0.452 e. The van der Waals surface area contributed by atoms with Crippen LogP contribution in [0.5, 0.6) is 0 Å². The standard InChI is InChI=1S/C18H25ClN2O5S/c1-13-8-10-21(11-9-13)18(23)14(2)26-17(22)12-20(3)27(24,25)16-6-4-15(19)5-7-16/h4-7,13-14H,8-12H2,1-3H3. The van der Waals surface area contributed by atoms with E-state index >= 15 is 0 Å². The van der Waals surface area contributed by atoms with Gasteiger partial charge in [-0.15, -0.1) is 0 Å². The Hall–Kier alpha value is -1.64. The highest BCUT2D eigenvalue weighted by Gasteiger charge is 2.29. The monoisotopic (exact) mass is 416 g/mol. The third kappa shape index (κ3) is 5.67. The molecule has 1 aliphatic rings. The molecule has 1 fully saturated rings. The van der Waals surface area contributed by atoms with E-state index in [2.05, 4.69) is 6.92 Å². The molecule has 9 heteroatoms. The number of nitrogens with zero attached hydrogens (tertiary/aromatic N) is 2. The van der Waals surface area contributed by atoms with Gasteiger partial charge in [-0.1, -0.05) is 18.5 Å². The van der Waals surface area contributed by atoms with Crippen molar-refractivity contribution in [2.24, 2.45) is 5.92 Å². The highest BCUT2D eigenvalue weighted by atomic mass is 35.5. The van der Waals surface area contributed by atoms with E-state index in [-0.39, 0.29) is 10.8 Å². The summed E-state index contributed by atoms with van der Waals surface area (Å²) in [4.78, 5) is 26.2. The second kappa shape index (κ2) is 9.03. The molecule has 7 nitrogen and oxygen atoms in total. The summed E-state index contributed by atoms with van der Waals surface area (Å²) in [6.07, 6.45) is 0.903. The molecule has 0 aliphatic carbocycles. The first-order valence-electron chi connectivity index (χ1n) is 8.81. The molecule has 1 aliphatic heterocycles. The first-order chi connectivity index (χ1) is 12.6. The van der Waals surface area contributed by atoms with Gasteiger partial charge in [-0.3, -0.25) is 9.59 Å².